The molecule has 0 spiro atoms. The number of nitrogens with zero attached hydrogens (tertiary/aromatic N) is 3. The highest BCUT2D eigenvalue weighted by atomic mass is 16.2. The summed E-state index contributed by atoms with van der Waals surface area (Å²) in [5.74, 6) is -1.30. The topological polar surface area (TPSA) is 136 Å². The molecule has 2 aromatic heterocycles. The molecule has 114 valence electrons. The maximum absolute atomic E-state index is 12.0. The number of rotatable bonds is 6. The highest BCUT2D eigenvalue weighted by Crippen LogP contribution is 2.20. The van der Waals surface area contributed by atoms with Crippen LogP contribution in [0, 0.1) is 0 Å². The molecule has 9 heteroatoms. The van der Waals surface area contributed by atoms with E-state index in [-0.39, 0.29) is 18.5 Å². The fourth-order valence-electron chi connectivity index (χ4n) is 1.74. The Morgan fingerprint density at radius 2 is 2.18 bits per heavy atom. The van der Waals surface area contributed by atoms with Crippen molar-refractivity contribution in [1.29, 1.82) is 0 Å². The van der Waals surface area contributed by atoms with Gasteiger partial charge in [0.15, 0.2) is 0 Å². The largest absolute Gasteiger partial charge is 0.370 e. The van der Waals surface area contributed by atoms with E-state index in [1.165, 1.54) is 18.6 Å². The third kappa shape index (κ3) is 3.26. The van der Waals surface area contributed by atoms with Crippen molar-refractivity contribution in [2.24, 2.45) is 5.73 Å². The predicted molar refractivity (Wildman–Crippen MR) is 76.8 cm³/mol. The summed E-state index contributed by atoms with van der Waals surface area (Å²) in [6.45, 7) is 3.50. The normalized spacial score (nSPS) is 10.2. The predicted octanol–water partition coefficient (Wildman–Crippen LogP) is -0.295. The molecule has 0 unspecified atom stereocenters. The fraction of sp³-hybridized carbons (Fsp3) is 0.154. The summed E-state index contributed by atoms with van der Waals surface area (Å²) in [5, 5.41) is 12.9. The number of carbonyl (C=O) groups is 3. The number of nitrogens with two attached hydrogens (primary N) is 1. The summed E-state index contributed by atoms with van der Waals surface area (Å²) in [7, 11) is 0. The van der Waals surface area contributed by atoms with E-state index in [0.717, 1.165) is 10.8 Å². The van der Waals surface area contributed by atoms with Crippen molar-refractivity contribution in [2.75, 3.05) is 6.54 Å². The minimum absolute atomic E-state index is 0.0463. The van der Waals surface area contributed by atoms with E-state index in [4.69, 9.17) is 5.73 Å². The van der Waals surface area contributed by atoms with E-state index in [2.05, 4.69) is 27.2 Å². The number of hydrogen-bond donors (Lipinski definition) is 3. The highest BCUT2D eigenvalue weighted by molar-refractivity contribution is 6.00. The molecule has 0 radical (unpaired) electrons. The van der Waals surface area contributed by atoms with Crippen LogP contribution in [0.4, 0.5) is 0 Å². The Bertz CT molecular complexity index is 730. The lowest BCUT2D eigenvalue weighted by Gasteiger charge is -2.03. The molecule has 22 heavy (non-hydrogen) atoms. The van der Waals surface area contributed by atoms with Crippen molar-refractivity contribution in [3.05, 3.63) is 36.8 Å². The molecule has 2 heterocycles. The maximum Gasteiger partial charge on any atom is 0.270 e. The van der Waals surface area contributed by atoms with E-state index >= 15 is 0 Å². The Kier molecular flexibility index (Phi) is 4.47. The van der Waals surface area contributed by atoms with Crippen molar-refractivity contribution < 1.29 is 14.4 Å². The first kappa shape index (κ1) is 15.2. The molecular formula is C13H14N6O3. The maximum atomic E-state index is 12.0. The smallest absolute Gasteiger partial charge is 0.270 e. The van der Waals surface area contributed by atoms with E-state index in [9.17, 15) is 14.4 Å². The SMILES string of the molecule is C=CC(=O)n1cc(-c2[nH]ncc2C(=O)NCCC(N)=O)cn1. The summed E-state index contributed by atoms with van der Waals surface area (Å²) in [6, 6.07) is 0. The molecule has 2 aromatic rings. The van der Waals surface area contributed by atoms with E-state index < -0.39 is 17.7 Å². The number of amides is 2. The lowest BCUT2D eigenvalue weighted by atomic mass is 10.1. The van der Waals surface area contributed by atoms with Crippen LogP contribution in [0.25, 0.3) is 11.3 Å². The van der Waals surface area contributed by atoms with Gasteiger partial charge < -0.3 is 11.1 Å². The van der Waals surface area contributed by atoms with Crippen LogP contribution in [0.15, 0.2) is 31.2 Å². The van der Waals surface area contributed by atoms with Gasteiger partial charge in [0.25, 0.3) is 11.8 Å². The van der Waals surface area contributed by atoms with Crippen LogP contribution in [-0.4, -0.2) is 44.2 Å². The van der Waals surface area contributed by atoms with Crippen LogP contribution in [0.3, 0.4) is 0 Å². The van der Waals surface area contributed by atoms with Gasteiger partial charge in [-0.3, -0.25) is 19.5 Å². The number of H-pyrrole nitrogens is 1. The molecule has 0 saturated carbocycles. The molecule has 0 saturated heterocycles. The van der Waals surface area contributed by atoms with E-state index in [0.29, 0.717) is 11.3 Å². The Hall–Kier alpha value is -3.23. The lowest BCUT2D eigenvalue weighted by Crippen LogP contribution is -2.27. The van der Waals surface area contributed by atoms with Crippen LogP contribution in [-0.2, 0) is 4.79 Å². The van der Waals surface area contributed by atoms with Gasteiger partial charge in [0.2, 0.25) is 5.91 Å². The van der Waals surface area contributed by atoms with Crippen LogP contribution < -0.4 is 11.1 Å². The number of hydrogen-bond acceptors (Lipinski definition) is 5. The van der Waals surface area contributed by atoms with Gasteiger partial charge in [-0.05, 0) is 6.08 Å². The van der Waals surface area contributed by atoms with Crippen LogP contribution >= 0.6 is 0 Å². The van der Waals surface area contributed by atoms with Gasteiger partial charge >= 0.3 is 0 Å². The monoisotopic (exact) mass is 302 g/mol. The number of nitrogens with one attached hydrogen (secondary N) is 2. The molecule has 0 aromatic carbocycles. The van der Waals surface area contributed by atoms with Gasteiger partial charge in [0.1, 0.15) is 0 Å². The zero-order valence-electron chi connectivity index (χ0n) is 11.6. The molecule has 0 fully saturated rings. The third-order valence-electron chi connectivity index (χ3n) is 2.81. The Morgan fingerprint density at radius 3 is 2.86 bits per heavy atom. The first-order valence-corrected chi connectivity index (χ1v) is 6.34. The van der Waals surface area contributed by atoms with Crippen LogP contribution in [0.1, 0.15) is 21.6 Å². The van der Waals surface area contributed by atoms with Gasteiger partial charge in [-0.25, -0.2) is 4.68 Å². The molecule has 0 aliphatic heterocycles. The van der Waals surface area contributed by atoms with Crippen molar-refractivity contribution >= 4 is 17.7 Å². The van der Waals surface area contributed by atoms with Gasteiger partial charge in [0.05, 0.1) is 23.7 Å². The van der Waals surface area contributed by atoms with Gasteiger partial charge in [-0.2, -0.15) is 10.2 Å². The number of aromatic amines is 1. The number of aromatic nitrogens is 4. The van der Waals surface area contributed by atoms with Crippen LogP contribution in [0.5, 0.6) is 0 Å². The van der Waals surface area contributed by atoms with E-state index in [1.54, 1.807) is 0 Å². The van der Waals surface area contributed by atoms with Crippen molar-refractivity contribution in [3.63, 3.8) is 0 Å². The summed E-state index contributed by atoms with van der Waals surface area (Å²) in [6.07, 6.45) is 5.40. The molecule has 2 amide bonds. The molecule has 4 N–H and O–H groups in total. The summed E-state index contributed by atoms with van der Waals surface area (Å²) in [4.78, 5) is 34.2. The Labute approximate surface area is 125 Å². The van der Waals surface area contributed by atoms with E-state index in [1.807, 2.05) is 0 Å². The quantitative estimate of drug-likeness (QED) is 0.630. The lowest BCUT2D eigenvalue weighted by molar-refractivity contribution is -0.117. The Morgan fingerprint density at radius 1 is 1.41 bits per heavy atom. The second-order valence-electron chi connectivity index (χ2n) is 4.35. The van der Waals surface area contributed by atoms with Gasteiger partial charge in [-0.1, -0.05) is 6.58 Å². The standard InChI is InChI=1S/C13H14N6O3/c1-2-11(21)19-7-8(5-17-19)12-9(6-16-18-12)13(22)15-4-3-10(14)20/h2,5-7H,1,3-4H2,(H2,14,20)(H,15,22)(H,16,18). The second-order valence-corrected chi connectivity index (χ2v) is 4.35. The van der Waals surface area contributed by atoms with Crippen LogP contribution in [0.2, 0.25) is 0 Å². The molecule has 0 aliphatic carbocycles. The van der Waals surface area contributed by atoms with Gasteiger partial charge in [-0.15, -0.1) is 0 Å². The fourth-order valence-corrected chi connectivity index (χ4v) is 1.74. The molecular weight excluding hydrogens is 288 g/mol. The molecule has 0 aliphatic rings. The highest BCUT2D eigenvalue weighted by Gasteiger charge is 2.17. The zero-order chi connectivity index (χ0) is 16.1. The number of allylic oxidation sites excluding steroid dienone is 1. The average Bonchev–Trinajstić information content (AvgIpc) is 3.14. The summed E-state index contributed by atoms with van der Waals surface area (Å²) < 4.78 is 1.10. The molecule has 0 atom stereocenters. The summed E-state index contributed by atoms with van der Waals surface area (Å²) >= 11 is 0. The minimum atomic E-state index is -0.503. The average molecular weight is 302 g/mol. The second kappa shape index (κ2) is 6.48. The number of carbonyl (C=O) groups excluding carboxylic acids is 3. The zero-order valence-corrected chi connectivity index (χ0v) is 11.6. The van der Waals surface area contributed by atoms with Crippen molar-refractivity contribution in [1.82, 2.24) is 25.3 Å². The third-order valence-corrected chi connectivity index (χ3v) is 2.81. The molecule has 2 rings (SSSR count). The molecule has 9 nitrogen and oxygen atoms in total. The molecule has 0 bridgehead atoms. The number of primary amides is 1. The Balaban J connectivity index is 2.16. The minimum Gasteiger partial charge on any atom is -0.370 e. The van der Waals surface area contributed by atoms with Crippen molar-refractivity contribution in [3.8, 4) is 11.3 Å². The first-order chi connectivity index (χ1) is 10.5. The first-order valence-electron chi connectivity index (χ1n) is 6.34. The summed E-state index contributed by atoms with van der Waals surface area (Å²) in [5.41, 5.74) is 6.21. The van der Waals surface area contributed by atoms with Crippen molar-refractivity contribution in [2.45, 2.75) is 6.42 Å². The van der Waals surface area contributed by atoms with Gasteiger partial charge in [0, 0.05) is 24.7 Å².